The highest BCUT2D eigenvalue weighted by Gasteiger charge is 2.29. The molecule has 30 heavy (non-hydrogen) atoms. The first-order valence-electron chi connectivity index (χ1n) is 10.1. The third-order valence-electron chi connectivity index (χ3n) is 5.38. The van der Waals surface area contributed by atoms with Crippen molar-refractivity contribution >= 4 is 16.9 Å². The zero-order valence-corrected chi connectivity index (χ0v) is 16.8. The molecular weight excluding hydrogens is 384 g/mol. The van der Waals surface area contributed by atoms with Gasteiger partial charge in [0.15, 0.2) is 5.65 Å². The lowest BCUT2D eigenvalue weighted by molar-refractivity contribution is 0.0709. The Bertz CT molecular complexity index is 1200. The van der Waals surface area contributed by atoms with E-state index in [1.807, 2.05) is 30.3 Å². The number of rotatable bonds is 7. The van der Waals surface area contributed by atoms with E-state index >= 15 is 0 Å². The molecule has 4 rings (SSSR count). The Morgan fingerprint density at radius 2 is 2.00 bits per heavy atom. The normalized spacial score (nSPS) is 13.5. The van der Waals surface area contributed by atoms with E-state index in [0.29, 0.717) is 13.1 Å². The highest BCUT2D eigenvalue weighted by atomic mass is 16.3. The first-order valence-corrected chi connectivity index (χ1v) is 10.1. The van der Waals surface area contributed by atoms with Crippen molar-refractivity contribution in [2.75, 3.05) is 13.2 Å². The second-order valence-corrected chi connectivity index (χ2v) is 7.51. The van der Waals surface area contributed by atoms with E-state index in [2.05, 4.69) is 9.97 Å². The maximum atomic E-state index is 13.5. The standard InChI is InChI=1S/C22H24N4O4/c1-2-26-19-18(20(28)24-22(26)30)16(12-17(23-19)15-8-9-15)21(29)25(10-11-27)13-14-6-4-3-5-7-14/h3-7,12,15,27H,2,8-11,13H2,1H3,(H,24,28,30). The predicted octanol–water partition coefficient (Wildman–Crippen LogP) is 1.62. The van der Waals surface area contributed by atoms with E-state index < -0.39 is 11.2 Å². The average Bonchev–Trinajstić information content (AvgIpc) is 3.58. The van der Waals surface area contributed by atoms with Gasteiger partial charge < -0.3 is 10.0 Å². The van der Waals surface area contributed by atoms with Crippen LogP contribution in [0.15, 0.2) is 46.0 Å². The minimum atomic E-state index is -0.624. The number of aromatic amines is 1. The molecule has 1 aliphatic carbocycles. The van der Waals surface area contributed by atoms with Crippen LogP contribution in [0, 0.1) is 0 Å². The Labute approximate surface area is 172 Å². The summed E-state index contributed by atoms with van der Waals surface area (Å²) in [7, 11) is 0. The number of pyridine rings is 1. The van der Waals surface area contributed by atoms with Gasteiger partial charge in [0.25, 0.3) is 11.5 Å². The minimum Gasteiger partial charge on any atom is -0.395 e. The Balaban J connectivity index is 1.88. The molecule has 0 unspecified atom stereocenters. The van der Waals surface area contributed by atoms with Gasteiger partial charge in [0.05, 0.1) is 17.6 Å². The molecular formula is C22H24N4O4. The third kappa shape index (κ3) is 3.78. The van der Waals surface area contributed by atoms with Crippen molar-refractivity contribution in [2.45, 2.75) is 38.8 Å². The molecule has 0 radical (unpaired) electrons. The number of aromatic nitrogens is 3. The highest BCUT2D eigenvalue weighted by molar-refractivity contribution is 6.05. The molecule has 1 amide bonds. The van der Waals surface area contributed by atoms with Crippen LogP contribution in [0.4, 0.5) is 0 Å². The smallest absolute Gasteiger partial charge is 0.329 e. The van der Waals surface area contributed by atoms with Gasteiger partial charge in [-0.3, -0.25) is 19.1 Å². The number of H-pyrrole nitrogens is 1. The fourth-order valence-electron chi connectivity index (χ4n) is 3.69. The molecule has 1 aromatic carbocycles. The summed E-state index contributed by atoms with van der Waals surface area (Å²) in [5.41, 5.74) is 0.936. The summed E-state index contributed by atoms with van der Waals surface area (Å²) in [5.74, 6) is -0.130. The maximum Gasteiger partial charge on any atom is 0.329 e. The first-order chi connectivity index (χ1) is 14.5. The molecule has 2 N–H and O–H groups in total. The van der Waals surface area contributed by atoms with Gasteiger partial charge in [-0.2, -0.15) is 0 Å². The molecule has 3 aromatic rings. The van der Waals surface area contributed by atoms with Crippen LogP contribution in [-0.2, 0) is 13.1 Å². The lowest BCUT2D eigenvalue weighted by Gasteiger charge is -2.23. The van der Waals surface area contributed by atoms with E-state index in [4.69, 9.17) is 0 Å². The molecule has 0 atom stereocenters. The fraction of sp³-hybridized carbons (Fsp3) is 0.364. The van der Waals surface area contributed by atoms with Gasteiger partial charge in [-0.1, -0.05) is 30.3 Å². The summed E-state index contributed by atoms with van der Waals surface area (Å²) in [5, 5.41) is 9.64. The molecule has 0 saturated heterocycles. The number of aliphatic hydroxyl groups excluding tert-OH is 1. The molecule has 1 aliphatic rings. The Hall–Kier alpha value is -3.26. The van der Waals surface area contributed by atoms with Gasteiger partial charge in [0, 0.05) is 31.2 Å². The topological polar surface area (TPSA) is 108 Å². The van der Waals surface area contributed by atoms with Gasteiger partial charge >= 0.3 is 5.69 Å². The van der Waals surface area contributed by atoms with Gasteiger partial charge in [0.1, 0.15) is 0 Å². The highest BCUT2D eigenvalue weighted by Crippen LogP contribution is 2.40. The summed E-state index contributed by atoms with van der Waals surface area (Å²) >= 11 is 0. The number of carbonyl (C=O) groups excluding carboxylic acids is 1. The summed E-state index contributed by atoms with van der Waals surface area (Å²) in [4.78, 5) is 46.9. The predicted molar refractivity (Wildman–Crippen MR) is 113 cm³/mol. The van der Waals surface area contributed by atoms with E-state index in [1.54, 1.807) is 13.0 Å². The molecule has 2 heterocycles. The molecule has 1 fully saturated rings. The van der Waals surface area contributed by atoms with Crippen molar-refractivity contribution in [3.8, 4) is 0 Å². The van der Waals surface area contributed by atoms with Crippen LogP contribution in [0.3, 0.4) is 0 Å². The van der Waals surface area contributed by atoms with Crippen molar-refractivity contribution < 1.29 is 9.90 Å². The Morgan fingerprint density at radius 3 is 2.63 bits per heavy atom. The number of benzene rings is 1. The average molecular weight is 408 g/mol. The zero-order valence-electron chi connectivity index (χ0n) is 16.8. The van der Waals surface area contributed by atoms with E-state index in [0.717, 1.165) is 24.1 Å². The van der Waals surface area contributed by atoms with Crippen LogP contribution in [-0.4, -0.2) is 43.6 Å². The number of hydrogen-bond acceptors (Lipinski definition) is 5. The van der Waals surface area contributed by atoms with Crippen molar-refractivity contribution in [1.29, 1.82) is 0 Å². The van der Waals surface area contributed by atoms with Gasteiger partial charge in [-0.05, 0) is 31.4 Å². The Morgan fingerprint density at radius 1 is 1.27 bits per heavy atom. The largest absolute Gasteiger partial charge is 0.395 e. The molecule has 8 heteroatoms. The van der Waals surface area contributed by atoms with Crippen molar-refractivity contribution in [1.82, 2.24) is 19.4 Å². The van der Waals surface area contributed by atoms with Crippen LogP contribution in [0.25, 0.3) is 11.0 Å². The summed E-state index contributed by atoms with van der Waals surface area (Å²) in [6, 6.07) is 11.1. The monoisotopic (exact) mass is 408 g/mol. The second-order valence-electron chi connectivity index (χ2n) is 7.51. The van der Waals surface area contributed by atoms with Crippen LogP contribution in [0.2, 0.25) is 0 Å². The zero-order chi connectivity index (χ0) is 21.3. The minimum absolute atomic E-state index is 0.113. The quantitative estimate of drug-likeness (QED) is 0.618. The van der Waals surface area contributed by atoms with Gasteiger partial charge in [-0.15, -0.1) is 0 Å². The molecule has 156 valence electrons. The molecule has 8 nitrogen and oxygen atoms in total. The summed E-state index contributed by atoms with van der Waals surface area (Å²) in [6.45, 7) is 2.34. The summed E-state index contributed by atoms with van der Waals surface area (Å²) < 4.78 is 1.38. The van der Waals surface area contributed by atoms with Crippen molar-refractivity contribution in [2.24, 2.45) is 0 Å². The van der Waals surface area contributed by atoms with Gasteiger partial charge in [0.2, 0.25) is 0 Å². The second kappa shape index (κ2) is 8.23. The number of amides is 1. The lowest BCUT2D eigenvalue weighted by atomic mass is 10.1. The number of carbonyl (C=O) groups is 1. The van der Waals surface area contributed by atoms with Crippen LogP contribution in [0.5, 0.6) is 0 Å². The SMILES string of the molecule is CCn1c(=O)[nH]c(=O)c2c(C(=O)N(CCO)Cc3ccccc3)cc(C3CC3)nc21. The van der Waals surface area contributed by atoms with Crippen LogP contribution >= 0.6 is 0 Å². The molecule has 0 spiro atoms. The maximum absolute atomic E-state index is 13.5. The molecule has 0 bridgehead atoms. The first kappa shape index (κ1) is 20.0. The van der Waals surface area contributed by atoms with E-state index in [9.17, 15) is 19.5 Å². The lowest BCUT2D eigenvalue weighted by Crippen LogP contribution is -2.36. The molecule has 1 saturated carbocycles. The fourth-order valence-corrected chi connectivity index (χ4v) is 3.69. The third-order valence-corrected chi connectivity index (χ3v) is 5.38. The Kier molecular flexibility index (Phi) is 5.50. The van der Waals surface area contributed by atoms with E-state index in [1.165, 1.54) is 9.47 Å². The van der Waals surface area contributed by atoms with E-state index in [-0.39, 0.29) is 41.6 Å². The molecule has 0 aliphatic heterocycles. The number of aryl methyl sites for hydroxylation is 1. The van der Waals surface area contributed by atoms with Crippen molar-refractivity contribution in [3.63, 3.8) is 0 Å². The number of nitrogens with zero attached hydrogens (tertiary/aromatic N) is 3. The number of hydrogen-bond donors (Lipinski definition) is 2. The number of aliphatic hydroxyl groups is 1. The van der Waals surface area contributed by atoms with Crippen LogP contribution < -0.4 is 11.2 Å². The number of fused-ring (bicyclic) bond motifs is 1. The molecule has 2 aromatic heterocycles. The summed E-state index contributed by atoms with van der Waals surface area (Å²) in [6.07, 6.45) is 1.94. The van der Waals surface area contributed by atoms with Crippen LogP contribution in [0.1, 0.15) is 47.3 Å². The van der Waals surface area contributed by atoms with Crippen molar-refractivity contribution in [3.05, 3.63) is 74.1 Å². The number of nitrogens with one attached hydrogen (secondary N) is 1. The van der Waals surface area contributed by atoms with Gasteiger partial charge in [-0.25, -0.2) is 9.78 Å².